The number of furan rings is 1. The van der Waals surface area contributed by atoms with Crippen LogP contribution in [0, 0.1) is 0 Å². The van der Waals surface area contributed by atoms with Gasteiger partial charge in [0.2, 0.25) is 0 Å². The van der Waals surface area contributed by atoms with Crippen molar-refractivity contribution >= 4 is 39.3 Å². The van der Waals surface area contributed by atoms with Crippen molar-refractivity contribution in [2.24, 2.45) is 4.99 Å². The fourth-order valence-electron chi connectivity index (χ4n) is 4.25. The molecule has 0 aliphatic carbocycles. The molecule has 3 aromatic heterocycles. The summed E-state index contributed by atoms with van der Waals surface area (Å²) in [7, 11) is 0. The number of aromatic nitrogens is 3. The Labute approximate surface area is 193 Å². The average molecular weight is 458 g/mol. The molecular formula is C25H20ClN5O2. The summed E-state index contributed by atoms with van der Waals surface area (Å²) in [4.78, 5) is 17.7. The number of rotatable bonds is 5. The predicted molar refractivity (Wildman–Crippen MR) is 130 cm³/mol. The van der Waals surface area contributed by atoms with E-state index in [1.54, 1.807) is 22.9 Å². The molecule has 0 amide bonds. The molecule has 0 atom stereocenters. The maximum absolute atomic E-state index is 13.3. The van der Waals surface area contributed by atoms with Crippen LogP contribution in [-0.4, -0.2) is 33.3 Å². The van der Waals surface area contributed by atoms with Crippen LogP contribution in [0.5, 0.6) is 0 Å². The van der Waals surface area contributed by atoms with Gasteiger partial charge in [-0.25, -0.2) is 0 Å². The first-order valence-corrected chi connectivity index (χ1v) is 11.2. The van der Waals surface area contributed by atoms with E-state index in [2.05, 4.69) is 15.4 Å². The number of pyridine rings is 1. The average Bonchev–Trinajstić information content (AvgIpc) is 3.57. The van der Waals surface area contributed by atoms with Crippen LogP contribution in [-0.2, 0) is 6.54 Å². The van der Waals surface area contributed by atoms with Crippen molar-refractivity contribution in [2.75, 3.05) is 13.1 Å². The third-order valence-electron chi connectivity index (χ3n) is 5.90. The summed E-state index contributed by atoms with van der Waals surface area (Å²) >= 11 is 6.11. The lowest BCUT2D eigenvalue weighted by Gasteiger charge is -2.07. The lowest BCUT2D eigenvalue weighted by molar-refractivity contribution is 0.630. The Bertz CT molecular complexity index is 1590. The van der Waals surface area contributed by atoms with Crippen LogP contribution in [0.1, 0.15) is 6.42 Å². The van der Waals surface area contributed by atoms with Gasteiger partial charge >= 0.3 is 0 Å². The Morgan fingerprint density at radius 3 is 2.91 bits per heavy atom. The van der Waals surface area contributed by atoms with E-state index >= 15 is 0 Å². The number of nitrogens with zero attached hydrogens (tertiary/aromatic N) is 4. The van der Waals surface area contributed by atoms with Crippen molar-refractivity contribution in [3.05, 3.63) is 82.4 Å². The van der Waals surface area contributed by atoms with Gasteiger partial charge in [0, 0.05) is 47.4 Å². The molecule has 0 fully saturated rings. The molecule has 5 aromatic rings. The molecule has 0 saturated heterocycles. The molecule has 164 valence electrons. The van der Waals surface area contributed by atoms with E-state index in [1.165, 1.54) is 0 Å². The summed E-state index contributed by atoms with van der Waals surface area (Å²) in [5.41, 5.74) is 3.04. The minimum atomic E-state index is -0.137. The number of amidine groups is 1. The lowest BCUT2D eigenvalue weighted by atomic mass is 10.1. The van der Waals surface area contributed by atoms with E-state index < -0.39 is 0 Å². The number of hydrogen-bond donors (Lipinski definition) is 1. The molecule has 0 spiro atoms. The smallest absolute Gasteiger partial charge is 0.266 e. The van der Waals surface area contributed by atoms with Crippen molar-refractivity contribution in [2.45, 2.75) is 13.0 Å². The highest BCUT2D eigenvalue weighted by Crippen LogP contribution is 2.28. The molecule has 2 aromatic carbocycles. The molecule has 6 rings (SSSR count). The first kappa shape index (κ1) is 19.8. The topological polar surface area (TPSA) is 77.3 Å². The SMILES string of the molecule is O=c1c2cc(-c3cccc(Cl)c3)oc2ccn1-c1ccc2c(cnn2CCC2=NCCN2)c1. The van der Waals surface area contributed by atoms with Gasteiger partial charge in [-0.1, -0.05) is 23.7 Å². The molecule has 0 bridgehead atoms. The number of aryl methyl sites for hydroxylation is 1. The van der Waals surface area contributed by atoms with Crippen LogP contribution < -0.4 is 10.9 Å². The minimum Gasteiger partial charge on any atom is -0.456 e. The van der Waals surface area contributed by atoms with E-state index in [9.17, 15) is 4.79 Å². The summed E-state index contributed by atoms with van der Waals surface area (Å²) in [5, 5.41) is 9.94. The van der Waals surface area contributed by atoms with Crippen molar-refractivity contribution in [1.82, 2.24) is 19.7 Å². The number of hydrogen-bond acceptors (Lipinski definition) is 5. The van der Waals surface area contributed by atoms with Gasteiger partial charge in [-0.3, -0.25) is 19.0 Å². The zero-order chi connectivity index (χ0) is 22.4. The number of fused-ring (bicyclic) bond motifs is 2. The summed E-state index contributed by atoms with van der Waals surface area (Å²) in [5.74, 6) is 1.65. The van der Waals surface area contributed by atoms with Gasteiger partial charge in [-0.2, -0.15) is 5.10 Å². The van der Waals surface area contributed by atoms with E-state index in [1.807, 2.05) is 53.3 Å². The highest BCUT2D eigenvalue weighted by atomic mass is 35.5. The van der Waals surface area contributed by atoms with Gasteiger partial charge in [0.05, 0.1) is 29.5 Å². The normalized spacial score (nSPS) is 13.5. The zero-order valence-corrected chi connectivity index (χ0v) is 18.4. The Morgan fingerprint density at radius 1 is 1.12 bits per heavy atom. The number of benzene rings is 2. The fraction of sp³-hybridized carbons (Fsp3) is 0.160. The van der Waals surface area contributed by atoms with Crippen LogP contribution in [0.3, 0.4) is 0 Å². The molecule has 1 N–H and O–H groups in total. The first-order chi connectivity index (χ1) is 16.2. The van der Waals surface area contributed by atoms with Gasteiger partial charge in [-0.05, 0) is 42.5 Å². The van der Waals surface area contributed by atoms with Crippen LogP contribution in [0.25, 0.3) is 38.9 Å². The molecular weight excluding hydrogens is 438 g/mol. The third-order valence-corrected chi connectivity index (χ3v) is 6.14. The Hall–Kier alpha value is -3.84. The van der Waals surface area contributed by atoms with Crippen molar-refractivity contribution < 1.29 is 4.42 Å². The zero-order valence-electron chi connectivity index (χ0n) is 17.7. The second-order valence-electron chi connectivity index (χ2n) is 8.01. The van der Waals surface area contributed by atoms with Crippen molar-refractivity contribution in [1.29, 1.82) is 0 Å². The predicted octanol–water partition coefficient (Wildman–Crippen LogP) is 4.65. The van der Waals surface area contributed by atoms with Gasteiger partial charge < -0.3 is 9.73 Å². The van der Waals surface area contributed by atoms with Crippen LogP contribution in [0.2, 0.25) is 5.02 Å². The number of aliphatic imine (C=N–C) groups is 1. The maximum Gasteiger partial charge on any atom is 0.266 e. The minimum absolute atomic E-state index is 0.137. The van der Waals surface area contributed by atoms with Gasteiger partial charge in [-0.15, -0.1) is 0 Å². The van der Waals surface area contributed by atoms with E-state index in [0.29, 0.717) is 21.8 Å². The quantitative estimate of drug-likeness (QED) is 0.417. The standard InChI is InChI=1S/C25H20ClN5O2/c26-18-3-1-2-16(12-18)23-14-20-22(33-23)6-10-30(25(20)32)19-4-5-21-17(13-19)15-29-31(21)11-7-24-27-8-9-28-24/h1-6,10,12-15H,7-9,11H2,(H,27,28). The van der Waals surface area contributed by atoms with Crippen molar-refractivity contribution in [3.63, 3.8) is 0 Å². The van der Waals surface area contributed by atoms with Crippen LogP contribution in [0.4, 0.5) is 0 Å². The molecule has 8 heteroatoms. The molecule has 1 aliphatic heterocycles. The van der Waals surface area contributed by atoms with Crippen molar-refractivity contribution in [3.8, 4) is 17.0 Å². The molecule has 7 nitrogen and oxygen atoms in total. The molecule has 33 heavy (non-hydrogen) atoms. The Balaban J connectivity index is 1.34. The second-order valence-corrected chi connectivity index (χ2v) is 8.44. The van der Waals surface area contributed by atoms with Gasteiger partial charge in [0.15, 0.2) is 0 Å². The van der Waals surface area contributed by atoms with Crippen LogP contribution >= 0.6 is 11.6 Å². The molecule has 0 saturated carbocycles. The van der Waals surface area contributed by atoms with Crippen LogP contribution in [0.15, 0.2) is 81.2 Å². The maximum atomic E-state index is 13.3. The summed E-state index contributed by atoms with van der Waals surface area (Å²) in [6.45, 7) is 2.51. The molecule has 0 radical (unpaired) electrons. The fourth-order valence-corrected chi connectivity index (χ4v) is 4.44. The first-order valence-electron chi connectivity index (χ1n) is 10.8. The van der Waals surface area contributed by atoms with E-state index in [0.717, 1.165) is 54.0 Å². The van der Waals surface area contributed by atoms with Gasteiger partial charge in [0.1, 0.15) is 11.3 Å². The molecule has 1 aliphatic rings. The third kappa shape index (κ3) is 3.60. The second kappa shape index (κ2) is 7.94. The largest absolute Gasteiger partial charge is 0.456 e. The number of halogens is 1. The summed E-state index contributed by atoms with van der Waals surface area (Å²) in [6, 6.07) is 16.9. The number of nitrogens with one attached hydrogen (secondary N) is 1. The monoisotopic (exact) mass is 457 g/mol. The van der Waals surface area contributed by atoms with Gasteiger partial charge in [0.25, 0.3) is 5.56 Å². The lowest BCUT2D eigenvalue weighted by Crippen LogP contribution is -2.20. The van der Waals surface area contributed by atoms with E-state index in [-0.39, 0.29) is 5.56 Å². The Kier molecular flexibility index (Phi) is 4.77. The highest BCUT2D eigenvalue weighted by Gasteiger charge is 2.13. The summed E-state index contributed by atoms with van der Waals surface area (Å²) < 4.78 is 9.53. The van der Waals surface area contributed by atoms with E-state index in [4.69, 9.17) is 16.0 Å². The molecule has 0 unspecified atom stereocenters. The highest BCUT2D eigenvalue weighted by molar-refractivity contribution is 6.30. The summed E-state index contributed by atoms with van der Waals surface area (Å²) in [6.07, 6.45) is 4.40. The molecule has 4 heterocycles. The Morgan fingerprint density at radius 2 is 2.06 bits per heavy atom.